The van der Waals surface area contributed by atoms with Crippen molar-refractivity contribution >= 4 is 17.7 Å². The average molecular weight is 336 g/mol. The zero-order chi connectivity index (χ0) is 17.3. The van der Waals surface area contributed by atoms with Crippen molar-refractivity contribution in [3.8, 4) is 0 Å². The number of carbonyl (C=O) groups is 2. The number of carbonyl (C=O) groups excluding carboxylic acids is 2. The summed E-state index contributed by atoms with van der Waals surface area (Å²) in [5.41, 5.74) is 0. The van der Waals surface area contributed by atoms with Crippen LogP contribution in [-0.2, 0) is 4.79 Å². The molecule has 2 fully saturated rings. The lowest BCUT2D eigenvalue weighted by Crippen LogP contribution is -2.55. The minimum Gasteiger partial charge on any atom is -0.395 e. The molecule has 3 rings (SSSR count). The number of hydrogen-bond donors (Lipinski definition) is 1. The van der Waals surface area contributed by atoms with Gasteiger partial charge in [-0.25, -0.2) is 0 Å². The van der Waals surface area contributed by atoms with Gasteiger partial charge in [0.1, 0.15) is 4.92 Å². The van der Waals surface area contributed by atoms with Crippen LogP contribution in [0.15, 0.2) is 16.5 Å². The number of nitro groups is 1. The third-order valence-electron chi connectivity index (χ3n) is 4.43. The Labute approximate surface area is 138 Å². The van der Waals surface area contributed by atoms with Crippen molar-refractivity contribution in [2.45, 2.75) is 31.8 Å². The SMILES string of the molecule is CC(C(=O)NC1CC1)N1CCN(C(=O)c2ccc([N+](=O)[O-])o2)CC1. The average Bonchev–Trinajstić information content (AvgIpc) is 3.25. The van der Waals surface area contributed by atoms with Crippen LogP contribution >= 0.6 is 0 Å². The van der Waals surface area contributed by atoms with Gasteiger partial charge in [0.15, 0.2) is 5.76 Å². The van der Waals surface area contributed by atoms with E-state index in [1.165, 1.54) is 12.1 Å². The molecular weight excluding hydrogens is 316 g/mol. The summed E-state index contributed by atoms with van der Waals surface area (Å²) in [5.74, 6) is -0.811. The second-order valence-corrected chi connectivity index (χ2v) is 6.18. The van der Waals surface area contributed by atoms with Gasteiger partial charge in [-0.15, -0.1) is 0 Å². The second kappa shape index (κ2) is 6.60. The molecule has 2 heterocycles. The van der Waals surface area contributed by atoms with E-state index in [0.29, 0.717) is 32.2 Å². The molecule has 1 unspecified atom stereocenters. The molecule has 1 aromatic heterocycles. The van der Waals surface area contributed by atoms with Crippen LogP contribution in [0, 0.1) is 10.1 Å². The van der Waals surface area contributed by atoms with Gasteiger partial charge in [0.25, 0.3) is 5.91 Å². The number of furan rings is 1. The number of hydrogen-bond acceptors (Lipinski definition) is 6. The van der Waals surface area contributed by atoms with Crippen molar-refractivity contribution in [2.24, 2.45) is 0 Å². The second-order valence-electron chi connectivity index (χ2n) is 6.18. The fraction of sp³-hybridized carbons (Fsp3) is 0.600. The Kier molecular flexibility index (Phi) is 4.52. The van der Waals surface area contributed by atoms with E-state index in [4.69, 9.17) is 4.42 Å². The first kappa shape index (κ1) is 16.4. The molecule has 9 heteroatoms. The van der Waals surface area contributed by atoms with Crippen LogP contribution in [0.4, 0.5) is 5.88 Å². The molecule has 0 spiro atoms. The molecule has 0 aromatic carbocycles. The molecule has 2 amide bonds. The van der Waals surface area contributed by atoms with E-state index < -0.39 is 10.8 Å². The van der Waals surface area contributed by atoms with Crippen molar-refractivity contribution in [3.63, 3.8) is 0 Å². The monoisotopic (exact) mass is 336 g/mol. The van der Waals surface area contributed by atoms with Crippen molar-refractivity contribution < 1.29 is 18.9 Å². The first-order valence-electron chi connectivity index (χ1n) is 8.03. The minimum atomic E-state index is -0.672. The van der Waals surface area contributed by atoms with Gasteiger partial charge in [0.05, 0.1) is 12.1 Å². The molecular formula is C15H20N4O5. The Balaban J connectivity index is 1.52. The maximum absolute atomic E-state index is 12.3. The van der Waals surface area contributed by atoms with Gasteiger partial charge in [-0.1, -0.05) is 0 Å². The molecule has 0 bridgehead atoms. The third kappa shape index (κ3) is 3.56. The summed E-state index contributed by atoms with van der Waals surface area (Å²) in [6.07, 6.45) is 2.10. The number of rotatable bonds is 5. The highest BCUT2D eigenvalue weighted by Gasteiger charge is 2.32. The van der Waals surface area contributed by atoms with Gasteiger partial charge >= 0.3 is 5.88 Å². The summed E-state index contributed by atoms with van der Waals surface area (Å²) < 4.78 is 4.96. The highest BCUT2D eigenvalue weighted by Crippen LogP contribution is 2.20. The molecule has 1 aromatic rings. The van der Waals surface area contributed by atoms with Gasteiger partial charge in [0, 0.05) is 32.2 Å². The number of piperazine rings is 1. The Morgan fingerprint density at radius 2 is 1.96 bits per heavy atom. The van der Waals surface area contributed by atoms with Crippen LogP contribution in [0.2, 0.25) is 0 Å². The third-order valence-corrected chi connectivity index (χ3v) is 4.43. The predicted octanol–water partition coefficient (Wildman–Crippen LogP) is 0.613. The van der Waals surface area contributed by atoms with Crippen LogP contribution in [0.25, 0.3) is 0 Å². The van der Waals surface area contributed by atoms with Crippen molar-refractivity contribution in [1.29, 1.82) is 0 Å². The van der Waals surface area contributed by atoms with Crippen LogP contribution < -0.4 is 5.32 Å². The standard InChI is InChI=1S/C15H20N4O5/c1-10(14(20)16-11-2-3-11)17-6-8-18(9-7-17)15(21)12-4-5-13(24-12)19(22)23/h4-5,10-11H,2-3,6-9H2,1H3,(H,16,20). The van der Waals surface area contributed by atoms with Gasteiger partial charge in [-0.2, -0.15) is 0 Å². The molecule has 1 atom stereocenters. The summed E-state index contributed by atoms with van der Waals surface area (Å²) in [7, 11) is 0. The van der Waals surface area contributed by atoms with E-state index >= 15 is 0 Å². The number of nitrogens with zero attached hydrogens (tertiary/aromatic N) is 3. The van der Waals surface area contributed by atoms with E-state index in [0.717, 1.165) is 12.8 Å². The minimum absolute atomic E-state index is 0.0268. The van der Waals surface area contributed by atoms with Crippen LogP contribution in [-0.4, -0.2) is 64.8 Å². The Hall–Kier alpha value is -2.42. The first-order valence-corrected chi connectivity index (χ1v) is 8.03. The van der Waals surface area contributed by atoms with E-state index in [1.807, 2.05) is 11.8 Å². The summed E-state index contributed by atoms with van der Waals surface area (Å²) in [4.78, 5) is 38.0. The summed E-state index contributed by atoms with van der Waals surface area (Å²) in [5, 5.41) is 13.6. The zero-order valence-corrected chi connectivity index (χ0v) is 13.4. The Bertz CT molecular complexity index is 646. The lowest BCUT2D eigenvalue weighted by atomic mass is 10.2. The molecule has 1 aliphatic carbocycles. The maximum atomic E-state index is 12.3. The molecule has 9 nitrogen and oxygen atoms in total. The van der Waals surface area contributed by atoms with Crippen LogP contribution in [0.1, 0.15) is 30.3 Å². The summed E-state index contributed by atoms with van der Waals surface area (Å²) in [6, 6.07) is 2.59. The quantitative estimate of drug-likeness (QED) is 0.623. The Morgan fingerprint density at radius 3 is 2.50 bits per heavy atom. The molecule has 2 aliphatic rings. The van der Waals surface area contributed by atoms with E-state index in [9.17, 15) is 19.7 Å². The fourth-order valence-corrected chi connectivity index (χ4v) is 2.72. The molecule has 1 saturated carbocycles. The van der Waals surface area contributed by atoms with Crippen LogP contribution in [0.3, 0.4) is 0 Å². The largest absolute Gasteiger partial charge is 0.433 e. The molecule has 1 aliphatic heterocycles. The molecule has 130 valence electrons. The van der Waals surface area contributed by atoms with E-state index in [1.54, 1.807) is 4.90 Å². The summed E-state index contributed by atoms with van der Waals surface area (Å²) in [6.45, 7) is 3.93. The molecule has 1 N–H and O–H groups in total. The first-order chi connectivity index (χ1) is 11.5. The van der Waals surface area contributed by atoms with Crippen molar-refractivity contribution in [1.82, 2.24) is 15.1 Å². The van der Waals surface area contributed by atoms with E-state index in [2.05, 4.69) is 5.32 Å². The number of amides is 2. The predicted molar refractivity (Wildman–Crippen MR) is 83.5 cm³/mol. The Morgan fingerprint density at radius 1 is 1.29 bits per heavy atom. The molecule has 1 saturated heterocycles. The van der Waals surface area contributed by atoms with Gasteiger partial charge in [-0.05, 0) is 25.8 Å². The summed E-state index contributed by atoms with van der Waals surface area (Å²) >= 11 is 0. The van der Waals surface area contributed by atoms with Gasteiger partial charge in [-0.3, -0.25) is 24.6 Å². The normalized spacial score (nSPS) is 19.8. The topological polar surface area (TPSA) is 109 Å². The zero-order valence-electron chi connectivity index (χ0n) is 13.4. The van der Waals surface area contributed by atoms with Crippen LogP contribution in [0.5, 0.6) is 0 Å². The smallest absolute Gasteiger partial charge is 0.395 e. The van der Waals surface area contributed by atoms with Crippen molar-refractivity contribution in [3.05, 3.63) is 28.0 Å². The lowest BCUT2D eigenvalue weighted by Gasteiger charge is -2.37. The van der Waals surface area contributed by atoms with Crippen molar-refractivity contribution in [2.75, 3.05) is 26.2 Å². The molecule has 24 heavy (non-hydrogen) atoms. The maximum Gasteiger partial charge on any atom is 0.433 e. The van der Waals surface area contributed by atoms with Gasteiger partial charge in [0.2, 0.25) is 5.91 Å². The fourth-order valence-electron chi connectivity index (χ4n) is 2.72. The van der Waals surface area contributed by atoms with Gasteiger partial charge < -0.3 is 14.6 Å². The van der Waals surface area contributed by atoms with E-state index in [-0.39, 0.29) is 23.6 Å². The molecule has 0 radical (unpaired) electrons. The number of nitrogens with one attached hydrogen (secondary N) is 1. The lowest BCUT2D eigenvalue weighted by molar-refractivity contribution is -0.402. The highest BCUT2D eigenvalue weighted by molar-refractivity contribution is 5.91. The highest BCUT2D eigenvalue weighted by atomic mass is 16.6.